The Bertz CT molecular complexity index is 828. The zero-order valence-electron chi connectivity index (χ0n) is 15.8. The minimum Gasteiger partial charge on any atom is -0.444 e. The molecule has 0 spiro atoms. The molecule has 1 aromatic carbocycles. The minimum atomic E-state index is -4.35. The molecular formula is C19H22F3N3O2S. The number of carbonyl (C=O) groups excluding carboxylic acids is 1. The lowest BCUT2D eigenvalue weighted by molar-refractivity contribution is -0.137. The van der Waals surface area contributed by atoms with Crippen LogP contribution in [0.2, 0.25) is 0 Å². The lowest BCUT2D eigenvalue weighted by Gasteiger charge is -2.24. The van der Waals surface area contributed by atoms with Crippen molar-refractivity contribution in [3.63, 3.8) is 0 Å². The number of aromatic nitrogens is 1. The van der Waals surface area contributed by atoms with Gasteiger partial charge in [0, 0.05) is 30.1 Å². The summed E-state index contributed by atoms with van der Waals surface area (Å²) < 4.78 is 43.4. The van der Waals surface area contributed by atoms with E-state index in [4.69, 9.17) is 4.74 Å². The van der Waals surface area contributed by atoms with Gasteiger partial charge in [-0.05, 0) is 39.3 Å². The Hall–Kier alpha value is -2.29. The smallest absolute Gasteiger partial charge is 0.416 e. The van der Waals surface area contributed by atoms with Gasteiger partial charge < -0.3 is 15.0 Å². The molecule has 0 saturated carbocycles. The zero-order valence-corrected chi connectivity index (χ0v) is 16.7. The van der Waals surface area contributed by atoms with Crippen LogP contribution >= 0.6 is 11.3 Å². The normalized spacial score (nSPS) is 17.6. The van der Waals surface area contributed by atoms with Crippen LogP contribution in [0.15, 0.2) is 29.6 Å². The van der Waals surface area contributed by atoms with E-state index in [9.17, 15) is 18.0 Å². The number of alkyl halides is 3. The van der Waals surface area contributed by atoms with Crippen molar-refractivity contribution >= 4 is 22.6 Å². The van der Waals surface area contributed by atoms with Gasteiger partial charge in [0.15, 0.2) is 5.13 Å². The zero-order chi connectivity index (χ0) is 20.5. The number of rotatable bonds is 3. The summed E-state index contributed by atoms with van der Waals surface area (Å²) in [7, 11) is 0. The molecule has 1 amide bonds. The standard InChI is InChI=1S/C19H22F3N3O2S/c1-18(2,3)27-17(26)25-9-8-14(10-25)23-16-24-15(11-28-16)12-4-6-13(7-5-12)19(20,21)22/h4-7,11,14H,8-10H2,1-3H3,(H,23,24). The van der Waals surface area contributed by atoms with Crippen LogP contribution in [0.25, 0.3) is 11.3 Å². The molecule has 2 aromatic rings. The summed E-state index contributed by atoms with van der Waals surface area (Å²) >= 11 is 1.38. The van der Waals surface area contributed by atoms with E-state index < -0.39 is 17.3 Å². The molecule has 1 fully saturated rings. The number of ether oxygens (including phenoxy) is 1. The number of halogens is 3. The monoisotopic (exact) mass is 413 g/mol. The average molecular weight is 413 g/mol. The number of hydrogen-bond acceptors (Lipinski definition) is 5. The number of carbonyl (C=O) groups is 1. The van der Waals surface area contributed by atoms with Crippen LogP contribution in [0.1, 0.15) is 32.8 Å². The Morgan fingerprint density at radius 3 is 2.54 bits per heavy atom. The Kier molecular flexibility index (Phi) is 5.56. The van der Waals surface area contributed by atoms with Crippen LogP contribution in [-0.2, 0) is 10.9 Å². The van der Waals surface area contributed by atoms with Crippen LogP contribution in [0, 0.1) is 0 Å². The van der Waals surface area contributed by atoms with E-state index in [2.05, 4.69) is 10.3 Å². The van der Waals surface area contributed by atoms with Crippen LogP contribution in [0.3, 0.4) is 0 Å². The molecule has 0 aliphatic carbocycles. The van der Waals surface area contributed by atoms with Crippen molar-refractivity contribution in [3.8, 4) is 11.3 Å². The first-order chi connectivity index (χ1) is 13.0. The van der Waals surface area contributed by atoms with Gasteiger partial charge in [0.05, 0.1) is 11.3 Å². The molecule has 1 aliphatic heterocycles. The summed E-state index contributed by atoms with van der Waals surface area (Å²) in [5.74, 6) is 0. The SMILES string of the molecule is CC(C)(C)OC(=O)N1CCC(Nc2nc(-c3ccc(C(F)(F)F)cc3)cs2)C1. The molecule has 0 bridgehead atoms. The molecule has 1 unspecified atom stereocenters. The second-order valence-corrected chi connectivity index (χ2v) is 8.53. The third-order valence-electron chi connectivity index (χ3n) is 4.18. The van der Waals surface area contributed by atoms with Crippen molar-refractivity contribution in [2.75, 3.05) is 18.4 Å². The first kappa shape index (κ1) is 20.4. The molecule has 28 heavy (non-hydrogen) atoms. The summed E-state index contributed by atoms with van der Waals surface area (Å²) in [5, 5.41) is 5.76. The molecular weight excluding hydrogens is 391 g/mol. The molecule has 1 atom stereocenters. The Balaban J connectivity index is 1.59. The summed E-state index contributed by atoms with van der Waals surface area (Å²) in [4.78, 5) is 18.2. The molecule has 3 rings (SSSR count). The quantitative estimate of drug-likeness (QED) is 0.747. The number of anilines is 1. The van der Waals surface area contributed by atoms with E-state index in [0.717, 1.165) is 18.6 Å². The van der Waals surface area contributed by atoms with Gasteiger partial charge in [-0.1, -0.05) is 12.1 Å². The second-order valence-electron chi connectivity index (χ2n) is 7.67. The summed E-state index contributed by atoms with van der Waals surface area (Å²) in [6, 6.07) is 5.00. The number of likely N-dealkylation sites (tertiary alicyclic amines) is 1. The Morgan fingerprint density at radius 1 is 1.25 bits per heavy atom. The fraction of sp³-hybridized carbons (Fsp3) is 0.474. The highest BCUT2D eigenvalue weighted by Crippen LogP contribution is 2.32. The maximum absolute atomic E-state index is 12.7. The van der Waals surface area contributed by atoms with Crippen molar-refractivity contribution in [1.82, 2.24) is 9.88 Å². The van der Waals surface area contributed by atoms with E-state index >= 15 is 0 Å². The van der Waals surface area contributed by atoms with E-state index in [1.807, 2.05) is 20.8 Å². The van der Waals surface area contributed by atoms with Crippen molar-refractivity contribution < 1.29 is 22.7 Å². The number of nitrogens with zero attached hydrogens (tertiary/aromatic N) is 2. The third-order valence-corrected chi connectivity index (χ3v) is 4.95. The van der Waals surface area contributed by atoms with Crippen LogP contribution in [0.4, 0.5) is 23.1 Å². The topological polar surface area (TPSA) is 54.5 Å². The molecule has 5 nitrogen and oxygen atoms in total. The van der Waals surface area contributed by atoms with Crippen molar-refractivity contribution in [2.24, 2.45) is 0 Å². The van der Waals surface area contributed by atoms with E-state index in [1.165, 1.54) is 23.5 Å². The fourth-order valence-electron chi connectivity index (χ4n) is 2.85. The summed E-state index contributed by atoms with van der Waals surface area (Å²) in [6.07, 6.45) is -3.91. The van der Waals surface area contributed by atoms with Gasteiger partial charge in [-0.3, -0.25) is 0 Å². The van der Waals surface area contributed by atoms with Gasteiger partial charge in [-0.15, -0.1) is 11.3 Å². The minimum absolute atomic E-state index is 0.0547. The predicted molar refractivity (Wildman–Crippen MR) is 102 cm³/mol. The maximum Gasteiger partial charge on any atom is 0.416 e. The van der Waals surface area contributed by atoms with Crippen molar-refractivity contribution in [2.45, 2.75) is 45.0 Å². The number of thiazole rings is 1. The molecule has 2 heterocycles. The van der Waals surface area contributed by atoms with Crippen LogP contribution in [-0.4, -0.2) is 40.7 Å². The first-order valence-electron chi connectivity index (χ1n) is 8.89. The summed E-state index contributed by atoms with van der Waals surface area (Å²) in [6.45, 7) is 6.60. The van der Waals surface area contributed by atoms with Crippen LogP contribution < -0.4 is 5.32 Å². The number of hydrogen-bond donors (Lipinski definition) is 1. The van der Waals surface area contributed by atoms with Crippen LogP contribution in [0.5, 0.6) is 0 Å². The number of benzene rings is 1. The molecule has 9 heteroatoms. The molecule has 0 radical (unpaired) electrons. The summed E-state index contributed by atoms with van der Waals surface area (Å²) in [5.41, 5.74) is 0.0226. The van der Waals surface area contributed by atoms with Gasteiger partial charge in [-0.25, -0.2) is 9.78 Å². The van der Waals surface area contributed by atoms with E-state index in [0.29, 0.717) is 29.5 Å². The van der Waals surface area contributed by atoms with Gasteiger partial charge in [0.2, 0.25) is 0 Å². The molecule has 1 saturated heterocycles. The third kappa shape index (κ3) is 5.15. The fourth-order valence-corrected chi connectivity index (χ4v) is 3.65. The highest BCUT2D eigenvalue weighted by Gasteiger charge is 2.31. The predicted octanol–water partition coefficient (Wildman–Crippen LogP) is 5.25. The average Bonchev–Trinajstić information content (AvgIpc) is 3.23. The maximum atomic E-state index is 12.7. The van der Waals surface area contributed by atoms with E-state index in [1.54, 1.807) is 10.3 Å². The second kappa shape index (κ2) is 7.62. The molecule has 152 valence electrons. The highest BCUT2D eigenvalue weighted by molar-refractivity contribution is 7.14. The number of amides is 1. The Labute approximate surface area is 165 Å². The van der Waals surface area contributed by atoms with Crippen molar-refractivity contribution in [3.05, 3.63) is 35.2 Å². The lowest BCUT2D eigenvalue weighted by Crippen LogP contribution is -2.36. The molecule has 1 aliphatic rings. The highest BCUT2D eigenvalue weighted by atomic mass is 32.1. The first-order valence-corrected chi connectivity index (χ1v) is 9.77. The van der Waals surface area contributed by atoms with Gasteiger partial charge in [0.1, 0.15) is 5.60 Å². The van der Waals surface area contributed by atoms with Gasteiger partial charge in [-0.2, -0.15) is 13.2 Å². The lowest BCUT2D eigenvalue weighted by atomic mass is 10.1. The number of nitrogens with one attached hydrogen (secondary N) is 1. The Morgan fingerprint density at radius 2 is 1.93 bits per heavy atom. The van der Waals surface area contributed by atoms with Crippen molar-refractivity contribution in [1.29, 1.82) is 0 Å². The van der Waals surface area contributed by atoms with Gasteiger partial charge in [0.25, 0.3) is 0 Å². The molecule has 1 aromatic heterocycles. The largest absolute Gasteiger partial charge is 0.444 e. The molecule has 1 N–H and O–H groups in total. The van der Waals surface area contributed by atoms with Gasteiger partial charge >= 0.3 is 12.3 Å². The van der Waals surface area contributed by atoms with E-state index in [-0.39, 0.29) is 12.1 Å².